The quantitative estimate of drug-likeness (QED) is 0.628. The van der Waals surface area contributed by atoms with Gasteiger partial charge >= 0.3 is 0 Å². The fourth-order valence-corrected chi connectivity index (χ4v) is 2.74. The Morgan fingerprint density at radius 3 is 2.43 bits per heavy atom. The Balaban J connectivity index is 2.11. The third-order valence-electron chi connectivity index (χ3n) is 3.43. The van der Waals surface area contributed by atoms with Crippen LogP contribution in [-0.4, -0.2) is 29.4 Å². The number of carbonyl (C=O) groups excluding carboxylic acids is 1. The Morgan fingerprint density at radius 1 is 1.36 bits per heavy atom. The van der Waals surface area contributed by atoms with Crippen LogP contribution in [0.3, 0.4) is 0 Å². The van der Waals surface area contributed by atoms with Crippen LogP contribution < -0.4 is 5.73 Å². The molecule has 2 aliphatic rings. The maximum Gasteiger partial charge on any atom is 0.228 e. The zero-order valence-electron chi connectivity index (χ0n) is 9.29. The molecule has 1 saturated carbocycles. The van der Waals surface area contributed by atoms with Crippen molar-refractivity contribution < 1.29 is 4.79 Å². The number of nitrogens with two attached hydrogens (primary N) is 1. The van der Waals surface area contributed by atoms with Gasteiger partial charge in [0, 0.05) is 24.0 Å². The van der Waals surface area contributed by atoms with Gasteiger partial charge in [-0.25, -0.2) is 0 Å². The molecule has 0 aromatic rings. The van der Waals surface area contributed by atoms with Crippen LogP contribution >= 0.6 is 0 Å². The molecule has 1 amide bonds. The minimum atomic E-state index is -0.260. The second kappa shape index (κ2) is 2.96. The molecule has 14 heavy (non-hydrogen) atoms. The number of carbonyl (C=O) groups is 1. The summed E-state index contributed by atoms with van der Waals surface area (Å²) < 4.78 is 0. The summed E-state index contributed by atoms with van der Waals surface area (Å²) in [5.74, 6) is 0.932. The van der Waals surface area contributed by atoms with Crippen molar-refractivity contribution in [1.82, 2.24) is 4.90 Å². The van der Waals surface area contributed by atoms with Crippen LogP contribution in [0.1, 0.15) is 33.6 Å². The highest BCUT2D eigenvalue weighted by atomic mass is 16.2. The van der Waals surface area contributed by atoms with Crippen LogP contribution in [0, 0.1) is 11.3 Å². The Kier molecular flexibility index (Phi) is 2.11. The van der Waals surface area contributed by atoms with Crippen molar-refractivity contribution in [2.45, 2.75) is 45.7 Å². The first-order valence-corrected chi connectivity index (χ1v) is 5.46. The zero-order valence-corrected chi connectivity index (χ0v) is 9.29. The SMILES string of the molecule is CC(C)(C)C(=O)N1CC2CC(N)C1C2. The molecule has 1 aliphatic carbocycles. The molecule has 2 rings (SSSR count). The maximum absolute atomic E-state index is 12.1. The van der Waals surface area contributed by atoms with Crippen LogP contribution in [0.2, 0.25) is 0 Å². The minimum absolute atomic E-state index is 0.222. The largest absolute Gasteiger partial charge is 0.337 e. The highest BCUT2D eigenvalue weighted by Gasteiger charge is 2.47. The number of nitrogens with zero attached hydrogens (tertiary/aromatic N) is 1. The van der Waals surface area contributed by atoms with E-state index in [1.54, 1.807) is 0 Å². The summed E-state index contributed by atoms with van der Waals surface area (Å²) in [5, 5.41) is 0. The monoisotopic (exact) mass is 196 g/mol. The molecule has 3 heteroatoms. The summed E-state index contributed by atoms with van der Waals surface area (Å²) in [5.41, 5.74) is 5.74. The van der Waals surface area contributed by atoms with E-state index >= 15 is 0 Å². The summed E-state index contributed by atoms with van der Waals surface area (Å²) in [6, 6.07) is 0.548. The van der Waals surface area contributed by atoms with Crippen molar-refractivity contribution in [1.29, 1.82) is 0 Å². The van der Waals surface area contributed by atoms with Crippen LogP contribution in [0.4, 0.5) is 0 Å². The average molecular weight is 196 g/mol. The van der Waals surface area contributed by atoms with Crippen molar-refractivity contribution in [3.05, 3.63) is 0 Å². The number of rotatable bonds is 0. The Morgan fingerprint density at radius 2 is 2.00 bits per heavy atom. The van der Waals surface area contributed by atoms with Gasteiger partial charge in [0.05, 0.1) is 0 Å². The van der Waals surface area contributed by atoms with Gasteiger partial charge in [0.15, 0.2) is 0 Å². The lowest BCUT2D eigenvalue weighted by Gasteiger charge is -2.35. The summed E-state index contributed by atoms with van der Waals surface area (Å²) in [6.45, 7) is 6.88. The molecular weight excluding hydrogens is 176 g/mol. The molecule has 3 atom stereocenters. The molecule has 1 heterocycles. The maximum atomic E-state index is 12.1. The van der Waals surface area contributed by atoms with E-state index in [2.05, 4.69) is 0 Å². The predicted molar refractivity (Wildman–Crippen MR) is 55.7 cm³/mol. The number of hydrogen-bond donors (Lipinski definition) is 1. The molecule has 2 fully saturated rings. The Hall–Kier alpha value is -0.570. The van der Waals surface area contributed by atoms with E-state index in [-0.39, 0.29) is 17.4 Å². The van der Waals surface area contributed by atoms with E-state index in [1.165, 1.54) is 0 Å². The van der Waals surface area contributed by atoms with Crippen LogP contribution in [0.5, 0.6) is 0 Å². The second-order valence-electron chi connectivity index (χ2n) is 5.78. The third-order valence-corrected chi connectivity index (χ3v) is 3.43. The van der Waals surface area contributed by atoms with Crippen LogP contribution in [-0.2, 0) is 4.79 Å². The number of piperidine rings is 1. The van der Waals surface area contributed by atoms with Crippen LogP contribution in [0.15, 0.2) is 0 Å². The third kappa shape index (κ3) is 1.44. The number of amides is 1. The van der Waals surface area contributed by atoms with Gasteiger partial charge in [-0.2, -0.15) is 0 Å². The fraction of sp³-hybridized carbons (Fsp3) is 0.909. The number of fused-ring (bicyclic) bond motifs is 2. The van der Waals surface area contributed by atoms with E-state index in [0.717, 1.165) is 19.4 Å². The van der Waals surface area contributed by atoms with E-state index in [4.69, 9.17) is 5.73 Å². The second-order valence-corrected chi connectivity index (χ2v) is 5.78. The minimum Gasteiger partial charge on any atom is -0.337 e. The van der Waals surface area contributed by atoms with Crippen LogP contribution in [0.25, 0.3) is 0 Å². The predicted octanol–water partition coefficient (Wildman–Crippen LogP) is 0.981. The number of likely N-dealkylation sites (tertiary alicyclic amines) is 1. The van der Waals surface area contributed by atoms with Crippen molar-refractivity contribution >= 4 is 5.91 Å². The molecule has 0 aromatic heterocycles. The summed E-state index contributed by atoms with van der Waals surface area (Å²) >= 11 is 0. The highest BCUT2D eigenvalue weighted by Crippen LogP contribution is 2.38. The van der Waals surface area contributed by atoms with E-state index < -0.39 is 0 Å². The first kappa shape index (κ1) is 9.97. The summed E-state index contributed by atoms with van der Waals surface area (Å²) in [6.07, 6.45) is 2.24. The summed E-state index contributed by atoms with van der Waals surface area (Å²) in [4.78, 5) is 14.1. The van der Waals surface area contributed by atoms with Gasteiger partial charge in [-0.15, -0.1) is 0 Å². The van der Waals surface area contributed by atoms with Crippen molar-refractivity contribution in [2.75, 3.05) is 6.54 Å². The molecule has 80 valence electrons. The Bertz CT molecular complexity index is 257. The summed E-state index contributed by atoms with van der Waals surface area (Å²) in [7, 11) is 0. The number of hydrogen-bond acceptors (Lipinski definition) is 2. The first-order chi connectivity index (χ1) is 6.39. The van der Waals surface area contributed by atoms with Gasteiger partial charge in [0.25, 0.3) is 0 Å². The molecule has 3 nitrogen and oxygen atoms in total. The van der Waals surface area contributed by atoms with Gasteiger partial charge in [-0.1, -0.05) is 20.8 Å². The topological polar surface area (TPSA) is 46.3 Å². The Labute approximate surface area is 85.6 Å². The molecule has 1 saturated heterocycles. The standard InChI is InChI=1S/C11H20N2O/c1-11(2,3)10(14)13-6-7-4-8(12)9(13)5-7/h7-9H,4-6,12H2,1-3H3. The lowest BCUT2D eigenvalue weighted by Crippen LogP contribution is -2.51. The molecule has 1 aliphatic heterocycles. The molecular formula is C11H20N2O. The van der Waals surface area contributed by atoms with Crippen molar-refractivity contribution in [3.8, 4) is 0 Å². The fourth-order valence-electron chi connectivity index (χ4n) is 2.74. The smallest absolute Gasteiger partial charge is 0.228 e. The lowest BCUT2D eigenvalue weighted by molar-refractivity contribution is -0.141. The van der Waals surface area contributed by atoms with Gasteiger partial charge in [-0.05, 0) is 18.8 Å². The lowest BCUT2D eigenvalue weighted by atomic mass is 9.93. The van der Waals surface area contributed by atoms with E-state index in [0.29, 0.717) is 12.0 Å². The average Bonchev–Trinajstić information content (AvgIpc) is 2.58. The van der Waals surface area contributed by atoms with Gasteiger partial charge in [0.1, 0.15) is 0 Å². The molecule has 0 spiro atoms. The molecule has 0 aromatic carbocycles. The highest BCUT2D eigenvalue weighted by molar-refractivity contribution is 5.82. The van der Waals surface area contributed by atoms with E-state index in [9.17, 15) is 4.79 Å². The van der Waals surface area contributed by atoms with Crippen molar-refractivity contribution in [2.24, 2.45) is 17.1 Å². The van der Waals surface area contributed by atoms with Gasteiger partial charge in [0.2, 0.25) is 5.91 Å². The van der Waals surface area contributed by atoms with Gasteiger partial charge < -0.3 is 10.6 Å². The molecule has 3 unspecified atom stereocenters. The zero-order chi connectivity index (χ0) is 10.5. The van der Waals surface area contributed by atoms with E-state index in [1.807, 2.05) is 25.7 Å². The normalized spacial score (nSPS) is 36.6. The molecule has 0 radical (unpaired) electrons. The first-order valence-electron chi connectivity index (χ1n) is 5.46. The van der Waals surface area contributed by atoms with Crippen molar-refractivity contribution in [3.63, 3.8) is 0 Å². The molecule has 2 N–H and O–H groups in total. The van der Waals surface area contributed by atoms with Gasteiger partial charge in [-0.3, -0.25) is 4.79 Å². The molecule has 2 bridgehead atoms.